The molecule has 8 heteroatoms. The fourth-order valence-electron chi connectivity index (χ4n) is 6.26. The van der Waals surface area contributed by atoms with E-state index in [0.29, 0.717) is 50.5 Å². The smallest absolute Gasteiger partial charge is 0.253 e. The number of amides is 2. The molecular formula is C28H32N4O4. The number of likely N-dealkylation sites (tertiary alicyclic amines) is 1. The van der Waals surface area contributed by atoms with E-state index in [2.05, 4.69) is 16.3 Å². The summed E-state index contributed by atoms with van der Waals surface area (Å²) in [4.78, 5) is 42.9. The first-order valence-corrected chi connectivity index (χ1v) is 12.8. The molecule has 6 rings (SSSR count). The van der Waals surface area contributed by atoms with E-state index in [1.165, 1.54) is 0 Å². The molecule has 2 aromatic rings. The quantitative estimate of drug-likeness (QED) is 0.709. The Balaban J connectivity index is 1.18. The second-order valence-electron chi connectivity index (χ2n) is 10.8. The number of likely N-dealkylation sites (N-methyl/N-ethyl adjacent to an activating group) is 1. The molecule has 0 radical (unpaired) electrons. The SMILES string of the molecule is C[C@@H]1C(=O)N(C)c2ccc(Nc3ccc(C(=O)N4CC5(CC(=O)C5)C4)cc3)cc2N1C1CCOCC1. The van der Waals surface area contributed by atoms with E-state index >= 15 is 0 Å². The topological polar surface area (TPSA) is 82.2 Å². The van der Waals surface area contributed by atoms with E-state index in [4.69, 9.17) is 4.74 Å². The lowest BCUT2D eigenvalue weighted by molar-refractivity contribution is -0.142. The van der Waals surface area contributed by atoms with Gasteiger partial charge in [-0.1, -0.05) is 0 Å². The fourth-order valence-corrected chi connectivity index (χ4v) is 6.26. The highest BCUT2D eigenvalue weighted by atomic mass is 16.5. The van der Waals surface area contributed by atoms with Crippen molar-refractivity contribution in [3.63, 3.8) is 0 Å². The summed E-state index contributed by atoms with van der Waals surface area (Å²) in [6, 6.07) is 13.7. The molecule has 0 aromatic heterocycles. The van der Waals surface area contributed by atoms with Crippen LogP contribution in [0.5, 0.6) is 0 Å². The Morgan fingerprint density at radius 3 is 2.31 bits per heavy atom. The van der Waals surface area contributed by atoms with Crippen LogP contribution in [-0.4, -0.2) is 67.9 Å². The van der Waals surface area contributed by atoms with Gasteiger partial charge < -0.3 is 24.8 Å². The van der Waals surface area contributed by atoms with Gasteiger partial charge in [0.05, 0.1) is 11.4 Å². The Morgan fingerprint density at radius 2 is 1.64 bits per heavy atom. The first kappa shape index (κ1) is 23.0. The van der Waals surface area contributed by atoms with Gasteiger partial charge in [0.15, 0.2) is 0 Å². The Labute approximate surface area is 211 Å². The number of anilines is 4. The molecule has 2 amide bonds. The van der Waals surface area contributed by atoms with Crippen molar-refractivity contribution < 1.29 is 19.1 Å². The Bertz CT molecular complexity index is 1200. The number of ketones is 1. The van der Waals surface area contributed by atoms with Gasteiger partial charge in [-0.3, -0.25) is 14.4 Å². The van der Waals surface area contributed by atoms with Gasteiger partial charge >= 0.3 is 0 Å². The van der Waals surface area contributed by atoms with E-state index in [1.807, 2.05) is 55.3 Å². The summed E-state index contributed by atoms with van der Waals surface area (Å²) in [6.07, 6.45) is 3.05. The van der Waals surface area contributed by atoms with Crippen molar-refractivity contribution in [2.24, 2.45) is 5.41 Å². The normalized spacial score (nSPS) is 23.3. The van der Waals surface area contributed by atoms with Gasteiger partial charge in [0.1, 0.15) is 11.8 Å². The molecular weight excluding hydrogens is 456 g/mol. The van der Waals surface area contributed by atoms with Crippen LogP contribution in [0.2, 0.25) is 0 Å². The van der Waals surface area contributed by atoms with Crippen LogP contribution in [0.4, 0.5) is 22.7 Å². The molecule has 2 saturated heterocycles. The molecule has 1 saturated carbocycles. The molecule has 0 unspecified atom stereocenters. The van der Waals surface area contributed by atoms with E-state index < -0.39 is 0 Å². The number of nitrogens with one attached hydrogen (secondary N) is 1. The van der Waals surface area contributed by atoms with Crippen LogP contribution in [0.15, 0.2) is 42.5 Å². The van der Waals surface area contributed by atoms with Gasteiger partial charge in [-0.25, -0.2) is 0 Å². The van der Waals surface area contributed by atoms with Gasteiger partial charge in [0.2, 0.25) is 5.91 Å². The monoisotopic (exact) mass is 488 g/mol. The summed E-state index contributed by atoms with van der Waals surface area (Å²) in [5.74, 6) is 0.435. The highest BCUT2D eigenvalue weighted by molar-refractivity contribution is 6.05. The largest absolute Gasteiger partial charge is 0.381 e. The maximum absolute atomic E-state index is 12.9. The average molecular weight is 489 g/mol. The third-order valence-electron chi connectivity index (χ3n) is 8.21. The second kappa shape index (κ2) is 8.62. The molecule has 3 aliphatic heterocycles. The first-order chi connectivity index (χ1) is 17.3. The van der Waals surface area contributed by atoms with Crippen LogP contribution in [-0.2, 0) is 14.3 Å². The van der Waals surface area contributed by atoms with E-state index in [-0.39, 0.29) is 29.3 Å². The predicted octanol–water partition coefficient (Wildman–Crippen LogP) is 3.59. The summed E-state index contributed by atoms with van der Waals surface area (Å²) in [6.45, 7) is 4.78. The Morgan fingerprint density at radius 1 is 0.972 bits per heavy atom. The van der Waals surface area contributed by atoms with Gasteiger partial charge in [-0.2, -0.15) is 0 Å². The molecule has 188 valence electrons. The third kappa shape index (κ3) is 3.84. The predicted molar refractivity (Wildman–Crippen MR) is 138 cm³/mol. The van der Waals surface area contributed by atoms with Gasteiger partial charge in [0, 0.05) is 74.6 Å². The lowest BCUT2D eigenvalue weighted by Crippen LogP contribution is -2.64. The first-order valence-electron chi connectivity index (χ1n) is 12.8. The molecule has 2 aromatic carbocycles. The molecule has 0 bridgehead atoms. The zero-order chi connectivity index (χ0) is 25.0. The minimum atomic E-state index is -0.232. The molecule has 3 fully saturated rings. The van der Waals surface area contributed by atoms with Crippen molar-refractivity contribution in [1.29, 1.82) is 0 Å². The minimum absolute atomic E-state index is 0.0223. The van der Waals surface area contributed by atoms with Gasteiger partial charge in [-0.15, -0.1) is 0 Å². The van der Waals surface area contributed by atoms with E-state index in [9.17, 15) is 14.4 Å². The standard InChI is InChI=1S/C28H32N4O4/c1-18-26(34)30(2)24-8-7-21(13-25(24)32(18)22-9-11-36-12-10-22)29-20-5-3-19(4-6-20)27(35)31-16-28(17-31)14-23(33)15-28/h3-8,13,18,22,29H,9-12,14-17H2,1-2H3/t18-/m1/s1. The van der Waals surface area contributed by atoms with Crippen molar-refractivity contribution in [1.82, 2.24) is 4.90 Å². The lowest BCUT2D eigenvalue weighted by Gasteiger charge is -2.54. The Hall–Kier alpha value is -3.39. The highest BCUT2D eigenvalue weighted by Gasteiger charge is 2.53. The number of rotatable bonds is 4. The van der Waals surface area contributed by atoms with Crippen molar-refractivity contribution >= 4 is 40.3 Å². The van der Waals surface area contributed by atoms with E-state index in [0.717, 1.165) is 35.6 Å². The number of fused-ring (bicyclic) bond motifs is 1. The summed E-state index contributed by atoms with van der Waals surface area (Å²) >= 11 is 0. The highest BCUT2D eigenvalue weighted by Crippen LogP contribution is 2.46. The van der Waals surface area contributed by atoms with Crippen molar-refractivity contribution in [2.75, 3.05) is 48.5 Å². The summed E-state index contributed by atoms with van der Waals surface area (Å²) < 4.78 is 5.56. The molecule has 1 atom stereocenters. The van der Waals surface area contributed by atoms with Crippen LogP contribution in [0, 0.1) is 5.41 Å². The number of Topliss-reactive ketones (excluding diaryl/α,β-unsaturated/α-hetero) is 1. The van der Waals surface area contributed by atoms with Gasteiger partial charge in [-0.05, 0) is 62.2 Å². The number of benzene rings is 2. The number of nitrogens with zero attached hydrogens (tertiary/aromatic N) is 3. The number of hydrogen-bond donors (Lipinski definition) is 1. The average Bonchev–Trinajstić information content (AvgIpc) is 2.85. The van der Waals surface area contributed by atoms with Crippen LogP contribution in [0.3, 0.4) is 0 Å². The lowest BCUT2D eigenvalue weighted by atomic mass is 9.62. The van der Waals surface area contributed by atoms with Crippen LogP contribution in [0.1, 0.15) is 43.0 Å². The number of hydrogen-bond acceptors (Lipinski definition) is 6. The summed E-state index contributed by atoms with van der Waals surface area (Å²) in [7, 11) is 1.84. The molecule has 4 aliphatic rings. The van der Waals surface area contributed by atoms with E-state index in [1.54, 1.807) is 4.90 Å². The Kier molecular flexibility index (Phi) is 5.52. The second-order valence-corrected chi connectivity index (χ2v) is 10.8. The molecule has 36 heavy (non-hydrogen) atoms. The molecule has 8 nitrogen and oxygen atoms in total. The minimum Gasteiger partial charge on any atom is -0.381 e. The zero-order valence-corrected chi connectivity index (χ0v) is 20.8. The van der Waals surface area contributed by atoms with Crippen molar-refractivity contribution in [3.05, 3.63) is 48.0 Å². The maximum Gasteiger partial charge on any atom is 0.253 e. The summed E-state index contributed by atoms with van der Waals surface area (Å²) in [5.41, 5.74) is 4.51. The molecule has 1 spiro atoms. The number of carbonyl (C=O) groups is 3. The van der Waals surface area contributed by atoms with Gasteiger partial charge in [0.25, 0.3) is 5.91 Å². The zero-order valence-electron chi connectivity index (χ0n) is 20.8. The third-order valence-corrected chi connectivity index (χ3v) is 8.21. The summed E-state index contributed by atoms with van der Waals surface area (Å²) in [5, 5.41) is 3.46. The molecule has 1 N–H and O–H groups in total. The molecule has 1 aliphatic carbocycles. The van der Waals surface area contributed by atoms with Crippen LogP contribution < -0.4 is 15.1 Å². The fraction of sp³-hybridized carbons (Fsp3) is 0.464. The maximum atomic E-state index is 12.9. The van der Waals surface area contributed by atoms with Crippen molar-refractivity contribution in [3.8, 4) is 0 Å². The van der Waals surface area contributed by atoms with Crippen LogP contribution >= 0.6 is 0 Å². The van der Waals surface area contributed by atoms with Crippen molar-refractivity contribution in [2.45, 2.75) is 44.7 Å². The number of ether oxygens (including phenoxy) is 1. The molecule has 3 heterocycles. The number of carbonyl (C=O) groups excluding carboxylic acids is 3. The van der Waals surface area contributed by atoms with Crippen LogP contribution in [0.25, 0.3) is 0 Å².